The van der Waals surface area contributed by atoms with Gasteiger partial charge in [0.2, 0.25) is 0 Å². The molecule has 0 aromatic carbocycles. The van der Waals surface area contributed by atoms with Crippen molar-refractivity contribution in [3.8, 4) is 0 Å². The third-order valence-corrected chi connectivity index (χ3v) is 3.55. The summed E-state index contributed by atoms with van der Waals surface area (Å²) in [5, 5.41) is 0. The number of rotatable bonds is 1. The molecule has 0 aromatic rings. The SMILES string of the molecule is CC(C)N1CCC2C(CC1)C2(F)F. The lowest BCUT2D eigenvalue weighted by Gasteiger charge is -2.25. The standard InChI is InChI=1S/C10H17F2N/c1-7(2)13-5-3-8-9(4-6-13)10(8,11)12/h7-9H,3-6H2,1-2H3. The van der Waals surface area contributed by atoms with Crippen LogP contribution < -0.4 is 0 Å². The summed E-state index contributed by atoms with van der Waals surface area (Å²) in [5.74, 6) is -2.91. The Morgan fingerprint density at radius 1 is 1.15 bits per heavy atom. The molecule has 13 heavy (non-hydrogen) atoms. The molecule has 1 saturated carbocycles. The van der Waals surface area contributed by atoms with Crippen LogP contribution in [0.4, 0.5) is 8.78 Å². The zero-order valence-electron chi connectivity index (χ0n) is 8.26. The topological polar surface area (TPSA) is 3.24 Å². The predicted octanol–water partition coefficient (Wildman–Crippen LogP) is 2.37. The van der Waals surface area contributed by atoms with Crippen LogP contribution in [-0.4, -0.2) is 30.0 Å². The molecule has 1 nitrogen and oxygen atoms in total. The Bertz CT molecular complexity index is 183. The van der Waals surface area contributed by atoms with Crippen molar-refractivity contribution in [1.82, 2.24) is 4.90 Å². The second kappa shape index (κ2) is 2.91. The molecule has 0 amide bonds. The molecule has 0 bridgehead atoms. The minimum Gasteiger partial charge on any atom is -0.301 e. The molecule has 2 rings (SSSR count). The Morgan fingerprint density at radius 3 is 2.00 bits per heavy atom. The van der Waals surface area contributed by atoms with Crippen molar-refractivity contribution in [1.29, 1.82) is 0 Å². The Morgan fingerprint density at radius 2 is 1.62 bits per heavy atom. The van der Waals surface area contributed by atoms with E-state index in [1.165, 1.54) is 0 Å². The summed E-state index contributed by atoms with van der Waals surface area (Å²) in [6.07, 6.45) is 1.38. The van der Waals surface area contributed by atoms with Gasteiger partial charge in [-0.1, -0.05) is 0 Å². The van der Waals surface area contributed by atoms with Crippen LogP contribution >= 0.6 is 0 Å². The van der Waals surface area contributed by atoms with Crippen LogP contribution in [0.25, 0.3) is 0 Å². The molecule has 1 heterocycles. The molecule has 1 saturated heterocycles. The Kier molecular flexibility index (Phi) is 2.10. The van der Waals surface area contributed by atoms with Crippen LogP contribution in [-0.2, 0) is 0 Å². The molecule has 76 valence electrons. The quantitative estimate of drug-likeness (QED) is 0.612. The molecule has 0 aromatic heterocycles. The molecule has 2 aliphatic rings. The molecular weight excluding hydrogens is 172 g/mol. The third-order valence-electron chi connectivity index (χ3n) is 3.55. The van der Waals surface area contributed by atoms with Gasteiger partial charge in [-0.15, -0.1) is 0 Å². The maximum absolute atomic E-state index is 13.0. The number of hydrogen-bond acceptors (Lipinski definition) is 1. The number of halogens is 2. The minimum absolute atomic E-state index is 0.295. The number of hydrogen-bond donors (Lipinski definition) is 0. The normalized spacial score (nSPS) is 38.5. The smallest absolute Gasteiger partial charge is 0.254 e. The highest BCUT2D eigenvalue weighted by molar-refractivity contribution is 5.06. The van der Waals surface area contributed by atoms with E-state index >= 15 is 0 Å². The fourth-order valence-corrected chi connectivity index (χ4v) is 2.49. The summed E-state index contributed by atoms with van der Waals surface area (Å²) in [7, 11) is 0. The summed E-state index contributed by atoms with van der Waals surface area (Å²) in [6.45, 7) is 5.98. The number of likely N-dealkylation sites (tertiary alicyclic amines) is 1. The molecule has 1 aliphatic heterocycles. The lowest BCUT2D eigenvalue weighted by molar-refractivity contribution is 0.0685. The van der Waals surface area contributed by atoms with Gasteiger partial charge in [0, 0.05) is 17.9 Å². The zero-order chi connectivity index (χ0) is 9.64. The van der Waals surface area contributed by atoms with Crippen molar-refractivity contribution in [2.75, 3.05) is 13.1 Å². The van der Waals surface area contributed by atoms with Crippen molar-refractivity contribution >= 4 is 0 Å². The summed E-state index contributed by atoms with van der Waals surface area (Å²) < 4.78 is 26.0. The van der Waals surface area contributed by atoms with E-state index in [2.05, 4.69) is 18.7 Å². The van der Waals surface area contributed by atoms with Crippen molar-refractivity contribution in [2.45, 2.75) is 38.7 Å². The van der Waals surface area contributed by atoms with Crippen LogP contribution in [0.1, 0.15) is 26.7 Å². The first-order chi connectivity index (χ1) is 6.03. The highest BCUT2D eigenvalue weighted by atomic mass is 19.3. The minimum atomic E-state index is -2.32. The highest BCUT2D eigenvalue weighted by Crippen LogP contribution is 2.59. The van der Waals surface area contributed by atoms with E-state index in [0.717, 1.165) is 13.1 Å². The first-order valence-electron chi connectivity index (χ1n) is 5.15. The average molecular weight is 189 g/mol. The van der Waals surface area contributed by atoms with Gasteiger partial charge in [0.15, 0.2) is 0 Å². The number of alkyl halides is 2. The predicted molar refractivity (Wildman–Crippen MR) is 47.9 cm³/mol. The maximum Gasteiger partial charge on any atom is 0.254 e. The van der Waals surface area contributed by atoms with E-state index in [1.807, 2.05) is 0 Å². The Labute approximate surface area is 78.1 Å². The number of fused-ring (bicyclic) bond motifs is 1. The maximum atomic E-state index is 13.0. The van der Waals surface area contributed by atoms with Gasteiger partial charge in [-0.3, -0.25) is 0 Å². The molecule has 0 spiro atoms. The Balaban J connectivity index is 1.92. The van der Waals surface area contributed by atoms with E-state index in [9.17, 15) is 8.78 Å². The van der Waals surface area contributed by atoms with Gasteiger partial charge >= 0.3 is 0 Å². The first kappa shape index (κ1) is 9.38. The van der Waals surface area contributed by atoms with Crippen molar-refractivity contribution < 1.29 is 8.78 Å². The van der Waals surface area contributed by atoms with Gasteiger partial charge in [0.05, 0.1) is 0 Å². The van der Waals surface area contributed by atoms with Crippen LogP contribution in [0.5, 0.6) is 0 Å². The van der Waals surface area contributed by atoms with Gasteiger partial charge in [0.1, 0.15) is 0 Å². The van der Waals surface area contributed by atoms with E-state index < -0.39 is 5.92 Å². The van der Waals surface area contributed by atoms with Crippen molar-refractivity contribution in [2.24, 2.45) is 11.8 Å². The lowest BCUT2D eigenvalue weighted by Crippen LogP contribution is -2.32. The van der Waals surface area contributed by atoms with Crippen LogP contribution in [0.3, 0.4) is 0 Å². The molecule has 2 atom stereocenters. The summed E-state index contributed by atoms with van der Waals surface area (Å²) in [5.41, 5.74) is 0. The summed E-state index contributed by atoms with van der Waals surface area (Å²) in [4.78, 5) is 2.31. The molecule has 2 unspecified atom stereocenters. The monoisotopic (exact) mass is 189 g/mol. The molecule has 1 aliphatic carbocycles. The van der Waals surface area contributed by atoms with Crippen LogP contribution in [0.15, 0.2) is 0 Å². The first-order valence-corrected chi connectivity index (χ1v) is 5.15. The van der Waals surface area contributed by atoms with Crippen molar-refractivity contribution in [3.63, 3.8) is 0 Å². The zero-order valence-corrected chi connectivity index (χ0v) is 8.26. The van der Waals surface area contributed by atoms with Crippen LogP contribution in [0, 0.1) is 11.8 Å². The number of nitrogens with zero attached hydrogens (tertiary/aromatic N) is 1. The van der Waals surface area contributed by atoms with E-state index in [0.29, 0.717) is 18.9 Å². The Hall–Kier alpha value is -0.180. The van der Waals surface area contributed by atoms with Crippen molar-refractivity contribution in [3.05, 3.63) is 0 Å². The van der Waals surface area contributed by atoms with Gasteiger partial charge in [-0.05, 0) is 39.8 Å². The average Bonchev–Trinajstić information content (AvgIpc) is 2.63. The second-order valence-electron chi connectivity index (χ2n) is 4.59. The molecule has 0 radical (unpaired) electrons. The molecule has 2 fully saturated rings. The van der Waals surface area contributed by atoms with E-state index in [1.54, 1.807) is 0 Å². The summed E-state index contributed by atoms with van der Waals surface area (Å²) >= 11 is 0. The lowest BCUT2D eigenvalue weighted by atomic mass is 10.2. The summed E-state index contributed by atoms with van der Waals surface area (Å²) in [6, 6.07) is 0.506. The van der Waals surface area contributed by atoms with E-state index in [-0.39, 0.29) is 11.8 Å². The van der Waals surface area contributed by atoms with Gasteiger partial charge in [-0.25, -0.2) is 8.78 Å². The van der Waals surface area contributed by atoms with E-state index in [4.69, 9.17) is 0 Å². The second-order valence-corrected chi connectivity index (χ2v) is 4.59. The fraction of sp³-hybridized carbons (Fsp3) is 1.00. The third kappa shape index (κ3) is 1.47. The fourth-order valence-electron chi connectivity index (χ4n) is 2.49. The molecule has 0 N–H and O–H groups in total. The van der Waals surface area contributed by atoms with Gasteiger partial charge < -0.3 is 4.90 Å². The van der Waals surface area contributed by atoms with Gasteiger partial charge in [0.25, 0.3) is 5.92 Å². The molecule has 3 heteroatoms. The molecular formula is C10H17F2N. The van der Waals surface area contributed by atoms with Crippen LogP contribution in [0.2, 0.25) is 0 Å². The van der Waals surface area contributed by atoms with Gasteiger partial charge in [-0.2, -0.15) is 0 Å². The largest absolute Gasteiger partial charge is 0.301 e. The highest BCUT2D eigenvalue weighted by Gasteiger charge is 2.67.